The van der Waals surface area contributed by atoms with Gasteiger partial charge < -0.3 is 14.7 Å². The van der Waals surface area contributed by atoms with E-state index in [0.717, 1.165) is 0 Å². The van der Waals surface area contributed by atoms with Gasteiger partial charge in [-0.25, -0.2) is 4.98 Å². The molecule has 1 atom stereocenters. The second-order valence-electron chi connectivity index (χ2n) is 7.40. The van der Waals surface area contributed by atoms with E-state index in [9.17, 15) is 20.3 Å². The molecule has 0 aliphatic carbocycles. The van der Waals surface area contributed by atoms with E-state index in [0.29, 0.717) is 11.0 Å². The molecule has 0 aliphatic heterocycles. The molecule has 0 radical (unpaired) electrons. The Hall–Kier alpha value is -3.26. The van der Waals surface area contributed by atoms with E-state index in [1.54, 1.807) is 19.1 Å². The summed E-state index contributed by atoms with van der Waals surface area (Å²) in [6.45, 7) is 4.30. The van der Waals surface area contributed by atoms with Crippen molar-refractivity contribution in [1.29, 1.82) is 5.26 Å². The molecule has 0 amide bonds. The molecule has 0 spiro atoms. The van der Waals surface area contributed by atoms with E-state index < -0.39 is 17.2 Å². The van der Waals surface area contributed by atoms with Gasteiger partial charge in [-0.3, -0.25) is 13.8 Å². The molecule has 0 saturated carbocycles. The first-order valence-corrected chi connectivity index (χ1v) is 9.38. The second kappa shape index (κ2) is 6.91. The lowest BCUT2D eigenvalue weighted by Crippen LogP contribution is -2.28. The van der Waals surface area contributed by atoms with Crippen molar-refractivity contribution in [1.82, 2.24) is 24.1 Å². The molecule has 10 nitrogen and oxygen atoms in total. The average Bonchev–Trinajstić information content (AvgIpc) is 3.35. The van der Waals surface area contributed by atoms with Gasteiger partial charge in [-0.15, -0.1) is 0 Å². The van der Waals surface area contributed by atoms with Crippen LogP contribution in [0, 0.1) is 11.3 Å². The Balaban J connectivity index is 2.14. The van der Waals surface area contributed by atoms with Crippen LogP contribution in [0.15, 0.2) is 27.8 Å². The number of halogens is 1. The van der Waals surface area contributed by atoms with Gasteiger partial charge in [0.15, 0.2) is 0 Å². The zero-order valence-electron chi connectivity index (χ0n) is 16.3. The van der Waals surface area contributed by atoms with Crippen molar-refractivity contribution >= 4 is 28.2 Å². The molecule has 1 unspecified atom stereocenters. The van der Waals surface area contributed by atoms with Crippen molar-refractivity contribution in [2.24, 2.45) is 0 Å². The maximum absolute atomic E-state index is 13.5. The minimum atomic E-state index is -1.36. The van der Waals surface area contributed by atoms with E-state index in [2.05, 4.69) is 15.1 Å². The summed E-state index contributed by atoms with van der Waals surface area (Å²) in [5, 5.41) is 33.5. The summed E-state index contributed by atoms with van der Waals surface area (Å²) >= 11 is 6.19. The first kappa shape index (κ1) is 20.0. The number of nitrogens with zero attached hydrogens (tertiary/aromatic N) is 6. The van der Waals surface area contributed by atoms with Gasteiger partial charge in [-0.2, -0.15) is 10.2 Å². The number of hydrogen-bond donors (Lipinski definition) is 2. The molecule has 1 aromatic carbocycles. The summed E-state index contributed by atoms with van der Waals surface area (Å²) in [5.74, 6) is 0.00536. The second-order valence-corrected chi connectivity index (χ2v) is 7.81. The zero-order valence-corrected chi connectivity index (χ0v) is 17.0. The fourth-order valence-electron chi connectivity index (χ4n) is 3.29. The Morgan fingerprint density at radius 3 is 2.70 bits per heavy atom. The van der Waals surface area contributed by atoms with Crippen LogP contribution in [0.1, 0.15) is 38.3 Å². The predicted octanol–water partition coefficient (Wildman–Crippen LogP) is 2.00. The molecule has 0 bridgehead atoms. The molecular weight excluding hydrogens is 412 g/mol. The van der Waals surface area contributed by atoms with Gasteiger partial charge in [-0.05, 0) is 32.9 Å². The van der Waals surface area contributed by atoms with Crippen LogP contribution < -0.4 is 5.56 Å². The van der Waals surface area contributed by atoms with Crippen molar-refractivity contribution in [3.8, 4) is 17.6 Å². The van der Waals surface area contributed by atoms with E-state index in [-0.39, 0.29) is 40.1 Å². The Labute approximate surface area is 174 Å². The number of nitriles is 1. The molecule has 3 aromatic heterocycles. The molecule has 0 fully saturated rings. The molecule has 4 aromatic rings. The van der Waals surface area contributed by atoms with Crippen LogP contribution in [-0.2, 0) is 5.60 Å². The number of fused-ring (bicyclic) bond motifs is 3. The fraction of sp³-hybridized carbons (Fsp3) is 0.316. The van der Waals surface area contributed by atoms with Gasteiger partial charge in [-0.1, -0.05) is 16.8 Å². The van der Waals surface area contributed by atoms with Crippen LogP contribution in [0.2, 0.25) is 5.02 Å². The first-order valence-electron chi connectivity index (χ1n) is 9.00. The predicted molar refractivity (Wildman–Crippen MR) is 107 cm³/mol. The lowest BCUT2D eigenvalue weighted by atomic mass is 10.1. The molecule has 0 aliphatic rings. The van der Waals surface area contributed by atoms with Crippen molar-refractivity contribution in [2.75, 3.05) is 6.61 Å². The summed E-state index contributed by atoms with van der Waals surface area (Å²) in [7, 11) is 0. The van der Waals surface area contributed by atoms with Gasteiger partial charge in [0, 0.05) is 0 Å². The van der Waals surface area contributed by atoms with Crippen LogP contribution in [0.25, 0.3) is 28.1 Å². The third kappa shape index (κ3) is 2.87. The number of benzene rings is 1. The zero-order chi connectivity index (χ0) is 21.8. The quantitative estimate of drug-likeness (QED) is 0.502. The monoisotopic (exact) mass is 428 g/mol. The topological polar surface area (TPSA) is 142 Å². The van der Waals surface area contributed by atoms with Gasteiger partial charge >= 0.3 is 0 Å². The summed E-state index contributed by atoms with van der Waals surface area (Å²) in [6, 6.07) is 4.61. The number of aliphatic hydroxyl groups excluding tert-OH is 1. The van der Waals surface area contributed by atoms with Crippen LogP contribution in [0.5, 0.6) is 0 Å². The molecule has 11 heteroatoms. The highest BCUT2D eigenvalue weighted by atomic mass is 35.5. The van der Waals surface area contributed by atoms with Gasteiger partial charge in [0.05, 0.1) is 34.3 Å². The number of hydrogen-bond acceptors (Lipinski definition) is 8. The molecule has 30 heavy (non-hydrogen) atoms. The summed E-state index contributed by atoms with van der Waals surface area (Å²) < 4.78 is 7.95. The highest BCUT2D eigenvalue weighted by molar-refractivity contribution is 6.32. The van der Waals surface area contributed by atoms with Crippen LogP contribution >= 0.6 is 11.6 Å². The maximum atomic E-state index is 13.5. The Bertz CT molecular complexity index is 1390. The summed E-state index contributed by atoms with van der Waals surface area (Å²) in [5.41, 5.74) is -0.686. The minimum Gasteiger partial charge on any atom is -0.394 e. The molecular formula is C19H17ClN6O4. The third-order valence-corrected chi connectivity index (χ3v) is 5.09. The van der Waals surface area contributed by atoms with Crippen LogP contribution in [0.4, 0.5) is 0 Å². The lowest BCUT2D eigenvalue weighted by Gasteiger charge is -2.18. The summed E-state index contributed by atoms with van der Waals surface area (Å²) in [4.78, 5) is 21.9. The van der Waals surface area contributed by atoms with E-state index in [4.69, 9.17) is 16.1 Å². The van der Waals surface area contributed by atoms with E-state index in [1.807, 2.05) is 6.07 Å². The minimum absolute atomic E-state index is 0.0259. The van der Waals surface area contributed by atoms with Crippen LogP contribution in [0.3, 0.4) is 0 Å². The Morgan fingerprint density at radius 2 is 2.10 bits per heavy atom. The fourth-order valence-corrected chi connectivity index (χ4v) is 3.48. The van der Waals surface area contributed by atoms with E-state index >= 15 is 0 Å². The summed E-state index contributed by atoms with van der Waals surface area (Å²) in [6.07, 6.45) is 1.41. The average molecular weight is 429 g/mol. The highest BCUT2D eigenvalue weighted by Gasteiger charge is 2.28. The standard InChI is InChI=1S/C19H17ClN6O4/c1-9(7-27)26-14-10(6-21)11(20)4-5-12(14)25-8-22-13(15(25)17(26)28)16-23-18(30-24-16)19(2,3)29/h4-5,8-9,27,29H,7H2,1-3H3. The van der Waals surface area contributed by atoms with Crippen molar-refractivity contribution in [2.45, 2.75) is 32.4 Å². The van der Waals surface area contributed by atoms with Crippen LogP contribution in [-0.4, -0.2) is 40.9 Å². The first-order chi connectivity index (χ1) is 14.2. The van der Waals surface area contributed by atoms with Crippen molar-refractivity contribution in [3.05, 3.63) is 45.3 Å². The van der Waals surface area contributed by atoms with Crippen molar-refractivity contribution < 1.29 is 14.7 Å². The lowest BCUT2D eigenvalue weighted by molar-refractivity contribution is 0.0420. The molecule has 0 saturated heterocycles. The largest absolute Gasteiger partial charge is 0.394 e. The van der Waals surface area contributed by atoms with Crippen molar-refractivity contribution in [3.63, 3.8) is 0 Å². The molecule has 4 rings (SSSR count). The number of imidazole rings is 1. The molecule has 154 valence electrons. The number of aliphatic hydroxyl groups is 2. The van der Waals surface area contributed by atoms with E-state index in [1.165, 1.54) is 29.1 Å². The van der Waals surface area contributed by atoms with Gasteiger partial charge in [0.1, 0.15) is 29.2 Å². The Morgan fingerprint density at radius 1 is 1.37 bits per heavy atom. The third-order valence-electron chi connectivity index (χ3n) is 4.77. The molecule has 3 heterocycles. The number of rotatable bonds is 4. The normalized spacial score (nSPS) is 13.1. The smallest absolute Gasteiger partial charge is 0.278 e. The Kier molecular flexibility index (Phi) is 4.62. The van der Waals surface area contributed by atoms with Gasteiger partial charge in [0.25, 0.3) is 11.4 Å². The maximum Gasteiger partial charge on any atom is 0.278 e. The number of aromatic nitrogens is 5. The SMILES string of the molecule is CC(CO)n1c(=O)c2c(-c3noc(C(C)(C)O)n3)ncn2c2ccc(Cl)c(C#N)c21. The highest BCUT2D eigenvalue weighted by Crippen LogP contribution is 2.30. The molecule has 2 N–H and O–H groups in total. The van der Waals surface area contributed by atoms with Gasteiger partial charge in [0.2, 0.25) is 5.82 Å².